The van der Waals surface area contributed by atoms with E-state index >= 15 is 0 Å². The fourth-order valence-electron chi connectivity index (χ4n) is 2.90. The van der Waals surface area contributed by atoms with Crippen LogP contribution in [-0.2, 0) is 12.7 Å². The minimum absolute atomic E-state index is 0.126. The van der Waals surface area contributed by atoms with Gasteiger partial charge in [-0.1, -0.05) is 47.7 Å². The molecule has 0 aliphatic carbocycles. The monoisotopic (exact) mass is 412 g/mol. The lowest BCUT2D eigenvalue weighted by molar-refractivity contribution is -0.137. The quantitative estimate of drug-likeness (QED) is 0.541. The Bertz CT molecular complexity index is 1170. The van der Waals surface area contributed by atoms with Crippen molar-refractivity contribution in [1.82, 2.24) is 24.8 Å². The van der Waals surface area contributed by atoms with Crippen LogP contribution in [0.1, 0.15) is 21.6 Å². The maximum absolute atomic E-state index is 13.2. The lowest BCUT2D eigenvalue weighted by atomic mass is 10.1. The normalized spacial score (nSPS) is 11.4. The number of hydrogen-bond donors (Lipinski definition) is 1. The fourth-order valence-corrected chi connectivity index (χ4v) is 2.90. The van der Waals surface area contributed by atoms with Gasteiger partial charge in [-0.25, -0.2) is 9.36 Å². The molecule has 0 atom stereocenters. The molecule has 2 aromatic carbocycles. The van der Waals surface area contributed by atoms with E-state index in [9.17, 15) is 18.0 Å². The third kappa shape index (κ3) is 4.07. The van der Waals surface area contributed by atoms with Crippen molar-refractivity contribution in [2.24, 2.45) is 0 Å². The molecule has 1 amide bonds. The van der Waals surface area contributed by atoms with Crippen LogP contribution in [0.3, 0.4) is 0 Å². The van der Waals surface area contributed by atoms with Gasteiger partial charge in [0.15, 0.2) is 5.69 Å². The zero-order valence-corrected chi connectivity index (χ0v) is 15.4. The van der Waals surface area contributed by atoms with Crippen LogP contribution in [0, 0.1) is 0 Å². The van der Waals surface area contributed by atoms with Crippen molar-refractivity contribution >= 4 is 11.7 Å². The van der Waals surface area contributed by atoms with Gasteiger partial charge in [-0.15, -0.1) is 5.10 Å². The van der Waals surface area contributed by atoms with Gasteiger partial charge >= 0.3 is 6.18 Å². The molecule has 0 bridgehead atoms. The maximum Gasteiger partial charge on any atom is 0.418 e. The second-order valence-electron chi connectivity index (χ2n) is 6.38. The summed E-state index contributed by atoms with van der Waals surface area (Å²) in [4.78, 5) is 12.6. The molecule has 152 valence electrons. The van der Waals surface area contributed by atoms with Crippen molar-refractivity contribution in [1.29, 1.82) is 0 Å². The van der Waals surface area contributed by atoms with Crippen molar-refractivity contribution in [3.05, 3.63) is 89.9 Å². The number of amides is 1. The van der Waals surface area contributed by atoms with Gasteiger partial charge in [0.05, 0.1) is 30.2 Å². The predicted octanol–water partition coefficient (Wildman–Crippen LogP) is 3.78. The molecular weight excluding hydrogens is 397 g/mol. The number of nitrogens with zero attached hydrogens (tertiary/aromatic N) is 5. The Labute approximate surface area is 168 Å². The minimum atomic E-state index is -4.56. The molecule has 2 aromatic heterocycles. The van der Waals surface area contributed by atoms with Gasteiger partial charge in [0.2, 0.25) is 0 Å². The average molecular weight is 412 g/mol. The van der Waals surface area contributed by atoms with Gasteiger partial charge < -0.3 is 5.32 Å². The first-order chi connectivity index (χ1) is 14.4. The zero-order chi connectivity index (χ0) is 21.1. The Balaban J connectivity index is 1.54. The van der Waals surface area contributed by atoms with Crippen LogP contribution in [0.2, 0.25) is 0 Å². The Hall–Kier alpha value is -3.95. The van der Waals surface area contributed by atoms with Gasteiger partial charge in [0.1, 0.15) is 5.82 Å². The number of hydrogen-bond acceptors (Lipinski definition) is 4. The number of benzene rings is 2. The molecule has 0 saturated carbocycles. The molecule has 4 rings (SSSR count). The highest BCUT2D eigenvalue weighted by Gasteiger charge is 2.34. The summed E-state index contributed by atoms with van der Waals surface area (Å²) in [5.41, 5.74) is -0.223. The van der Waals surface area contributed by atoms with Crippen LogP contribution < -0.4 is 5.32 Å². The molecule has 4 aromatic rings. The molecule has 7 nitrogen and oxygen atoms in total. The van der Waals surface area contributed by atoms with E-state index in [1.807, 2.05) is 30.3 Å². The second-order valence-corrected chi connectivity index (χ2v) is 6.38. The molecule has 0 unspecified atom stereocenters. The molecule has 30 heavy (non-hydrogen) atoms. The highest BCUT2D eigenvalue weighted by atomic mass is 19.4. The van der Waals surface area contributed by atoms with Gasteiger partial charge in [-0.2, -0.15) is 18.3 Å². The van der Waals surface area contributed by atoms with E-state index in [-0.39, 0.29) is 11.4 Å². The topological polar surface area (TPSA) is 77.6 Å². The van der Waals surface area contributed by atoms with Gasteiger partial charge in [0, 0.05) is 6.07 Å². The van der Waals surface area contributed by atoms with Crippen LogP contribution in [0.25, 0.3) is 5.69 Å². The first kappa shape index (κ1) is 19.4. The Morgan fingerprint density at radius 1 is 1.00 bits per heavy atom. The Morgan fingerprint density at radius 3 is 2.50 bits per heavy atom. The highest BCUT2D eigenvalue weighted by molar-refractivity contribution is 6.02. The third-order valence-electron chi connectivity index (χ3n) is 4.32. The molecular formula is C20H15F3N6O. The first-order valence-corrected chi connectivity index (χ1v) is 8.88. The highest BCUT2D eigenvalue weighted by Crippen LogP contribution is 2.33. The Kier molecular flexibility index (Phi) is 5.05. The minimum Gasteiger partial charge on any atom is -0.305 e. The van der Waals surface area contributed by atoms with Gasteiger partial charge in [-0.3, -0.25) is 4.79 Å². The molecule has 10 heteroatoms. The average Bonchev–Trinajstić information content (AvgIpc) is 3.38. The summed E-state index contributed by atoms with van der Waals surface area (Å²) in [5, 5.41) is 14.2. The number of carbonyl (C=O) groups is 1. The number of para-hydroxylation sites is 1. The molecule has 0 fully saturated rings. The zero-order valence-electron chi connectivity index (χ0n) is 15.4. The SMILES string of the molecule is O=C(Nc1ccnn1Cc1ccccc1)c1cn(-c2ccccc2C(F)(F)F)nn1. The van der Waals surface area contributed by atoms with E-state index in [1.165, 1.54) is 24.4 Å². The van der Waals surface area contributed by atoms with E-state index in [2.05, 4.69) is 20.7 Å². The summed E-state index contributed by atoms with van der Waals surface area (Å²) in [6.45, 7) is 0.440. The van der Waals surface area contributed by atoms with E-state index < -0.39 is 17.6 Å². The molecule has 0 radical (unpaired) electrons. The lowest BCUT2D eigenvalue weighted by Gasteiger charge is -2.11. The van der Waals surface area contributed by atoms with E-state index in [1.54, 1.807) is 10.7 Å². The maximum atomic E-state index is 13.2. The number of alkyl halides is 3. The first-order valence-electron chi connectivity index (χ1n) is 8.88. The number of aromatic nitrogens is 5. The number of rotatable bonds is 5. The number of halogens is 3. The standard InChI is InChI=1S/C20H15F3N6O/c21-20(22,23)15-8-4-5-9-17(15)28-13-16(26-27-28)19(30)25-18-10-11-24-29(18)12-14-6-2-1-3-7-14/h1-11,13H,12H2,(H,25,30). The summed E-state index contributed by atoms with van der Waals surface area (Å²) < 4.78 is 42.2. The number of nitrogens with one attached hydrogen (secondary N) is 1. The van der Waals surface area contributed by atoms with Crippen molar-refractivity contribution in [2.75, 3.05) is 5.32 Å². The smallest absolute Gasteiger partial charge is 0.305 e. The van der Waals surface area contributed by atoms with Crippen LogP contribution in [0.15, 0.2) is 73.1 Å². The molecule has 2 heterocycles. The van der Waals surface area contributed by atoms with E-state index in [4.69, 9.17) is 0 Å². The fraction of sp³-hybridized carbons (Fsp3) is 0.100. The molecule has 0 saturated heterocycles. The van der Waals surface area contributed by atoms with Crippen LogP contribution in [-0.4, -0.2) is 30.7 Å². The van der Waals surface area contributed by atoms with Gasteiger partial charge in [-0.05, 0) is 17.7 Å². The van der Waals surface area contributed by atoms with E-state index in [0.717, 1.165) is 22.5 Å². The predicted molar refractivity (Wildman–Crippen MR) is 102 cm³/mol. The van der Waals surface area contributed by atoms with Gasteiger partial charge in [0.25, 0.3) is 5.91 Å². The van der Waals surface area contributed by atoms with Crippen LogP contribution in [0.4, 0.5) is 19.0 Å². The second kappa shape index (κ2) is 7.82. The summed E-state index contributed by atoms with van der Waals surface area (Å²) in [6.07, 6.45) is -1.87. The number of anilines is 1. The van der Waals surface area contributed by atoms with Crippen LogP contribution >= 0.6 is 0 Å². The van der Waals surface area contributed by atoms with Crippen molar-refractivity contribution in [2.45, 2.75) is 12.7 Å². The number of carbonyl (C=O) groups excluding carboxylic acids is 1. The molecule has 1 N–H and O–H groups in total. The van der Waals surface area contributed by atoms with Crippen molar-refractivity contribution in [3.8, 4) is 5.69 Å². The molecule has 0 spiro atoms. The lowest BCUT2D eigenvalue weighted by Crippen LogP contribution is -2.16. The molecule has 0 aliphatic heterocycles. The summed E-state index contributed by atoms with van der Waals surface area (Å²) in [6, 6.07) is 16.1. The Morgan fingerprint density at radius 2 is 1.73 bits per heavy atom. The van der Waals surface area contributed by atoms with E-state index in [0.29, 0.717) is 12.4 Å². The van der Waals surface area contributed by atoms with Crippen molar-refractivity contribution in [3.63, 3.8) is 0 Å². The van der Waals surface area contributed by atoms with Crippen LogP contribution in [0.5, 0.6) is 0 Å². The summed E-state index contributed by atoms with van der Waals surface area (Å²) >= 11 is 0. The summed E-state index contributed by atoms with van der Waals surface area (Å²) in [5.74, 6) is -0.186. The largest absolute Gasteiger partial charge is 0.418 e. The summed E-state index contributed by atoms with van der Waals surface area (Å²) in [7, 11) is 0. The third-order valence-corrected chi connectivity index (χ3v) is 4.32. The molecule has 0 aliphatic rings. The van der Waals surface area contributed by atoms with Crippen molar-refractivity contribution < 1.29 is 18.0 Å².